The SMILES string of the molecule is CCc1cc(S(=O)(=O)N(COC)c2cc(Cl)cnc2Br)ccc1Cl.CCc1cc(S(=O)(=O)Nc2cc(Cl)cnc2Br)ccc1Cl. The number of nitrogens with zero attached hydrogens (tertiary/aromatic N) is 3. The second kappa shape index (κ2) is 16.4. The Kier molecular flexibility index (Phi) is 13.8. The molecule has 0 fully saturated rings. The highest BCUT2D eigenvalue weighted by atomic mass is 79.9. The van der Waals surface area contributed by atoms with Gasteiger partial charge in [-0.3, -0.25) is 4.72 Å². The van der Waals surface area contributed by atoms with E-state index in [1.54, 1.807) is 24.3 Å². The third kappa shape index (κ3) is 9.68. The Morgan fingerprint density at radius 2 is 1.29 bits per heavy atom. The fourth-order valence-electron chi connectivity index (χ4n) is 3.77. The van der Waals surface area contributed by atoms with Crippen LogP contribution in [0.5, 0.6) is 0 Å². The van der Waals surface area contributed by atoms with E-state index in [2.05, 4.69) is 46.5 Å². The molecule has 17 heteroatoms. The van der Waals surface area contributed by atoms with Gasteiger partial charge < -0.3 is 4.74 Å². The van der Waals surface area contributed by atoms with Crippen LogP contribution in [0.3, 0.4) is 0 Å². The molecule has 2 aromatic heterocycles. The molecule has 0 unspecified atom stereocenters. The van der Waals surface area contributed by atoms with Gasteiger partial charge in [0.05, 0.1) is 31.2 Å². The van der Waals surface area contributed by atoms with Crippen LogP contribution in [0.15, 0.2) is 79.9 Å². The molecule has 0 aliphatic rings. The molecule has 0 aliphatic heterocycles. The quantitative estimate of drug-likeness (QED) is 0.125. The predicted molar refractivity (Wildman–Crippen MR) is 188 cm³/mol. The monoisotopic (exact) mass is 860 g/mol. The topological polar surface area (TPSA) is 119 Å². The molecule has 0 saturated heterocycles. The number of nitrogens with one attached hydrogen (secondary N) is 1. The average molecular weight is 864 g/mol. The average Bonchev–Trinajstić information content (AvgIpc) is 2.99. The van der Waals surface area contributed by atoms with Gasteiger partial charge in [0.1, 0.15) is 15.9 Å². The number of pyridine rings is 2. The fourth-order valence-corrected chi connectivity index (χ4v) is 8.11. The van der Waals surface area contributed by atoms with Gasteiger partial charge in [-0.1, -0.05) is 60.3 Å². The van der Waals surface area contributed by atoms with Crippen molar-refractivity contribution in [1.29, 1.82) is 0 Å². The van der Waals surface area contributed by atoms with Crippen molar-refractivity contribution in [2.24, 2.45) is 0 Å². The van der Waals surface area contributed by atoms with Gasteiger partial charge in [-0.15, -0.1) is 0 Å². The van der Waals surface area contributed by atoms with E-state index < -0.39 is 20.0 Å². The zero-order chi connectivity index (χ0) is 33.5. The lowest BCUT2D eigenvalue weighted by Crippen LogP contribution is -2.33. The van der Waals surface area contributed by atoms with E-state index >= 15 is 0 Å². The van der Waals surface area contributed by atoms with E-state index in [0.29, 0.717) is 42.1 Å². The minimum atomic E-state index is -3.88. The predicted octanol–water partition coefficient (Wildman–Crippen LogP) is 9.03. The highest BCUT2D eigenvalue weighted by Crippen LogP contribution is 2.33. The molecule has 9 nitrogen and oxygen atoms in total. The Bertz CT molecular complexity index is 1900. The maximum Gasteiger partial charge on any atom is 0.266 e. The molecule has 4 rings (SSSR count). The Hall–Kier alpha value is -1.68. The first-order chi connectivity index (χ1) is 21.1. The molecular formula is C28H26Br2Cl4N4O5S2. The Morgan fingerprint density at radius 3 is 1.84 bits per heavy atom. The summed E-state index contributed by atoms with van der Waals surface area (Å²) >= 11 is 30.3. The van der Waals surface area contributed by atoms with E-state index in [4.69, 9.17) is 51.1 Å². The molecule has 4 aromatic rings. The van der Waals surface area contributed by atoms with Crippen LogP contribution in [0, 0.1) is 0 Å². The van der Waals surface area contributed by atoms with Crippen molar-refractivity contribution in [3.8, 4) is 0 Å². The van der Waals surface area contributed by atoms with Crippen molar-refractivity contribution >= 4 is 110 Å². The minimum absolute atomic E-state index is 0.118. The van der Waals surface area contributed by atoms with Gasteiger partial charge in [-0.05, 0) is 104 Å². The second-order valence-corrected chi connectivity index (χ2v) is 15.8. The molecule has 1 N–H and O–H groups in total. The van der Waals surface area contributed by atoms with Crippen molar-refractivity contribution in [2.75, 3.05) is 22.9 Å². The number of benzene rings is 2. The van der Waals surface area contributed by atoms with Crippen molar-refractivity contribution in [2.45, 2.75) is 36.5 Å². The number of halogens is 6. The van der Waals surface area contributed by atoms with E-state index in [1.807, 2.05) is 13.8 Å². The van der Waals surface area contributed by atoms with Crippen molar-refractivity contribution in [3.05, 3.63) is 101 Å². The Labute approximate surface area is 299 Å². The smallest absolute Gasteiger partial charge is 0.266 e. The third-order valence-electron chi connectivity index (χ3n) is 6.05. The number of anilines is 2. The van der Waals surface area contributed by atoms with Gasteiger partial charge in [0.2, 0.25) is 0 Å². The molecule has 45 heavy (non-hydrogen) atoms. The molecule has 0 bridgehead atoms. The Morgan fingerprint density at radius 1 is 0.778 bits per heavy atom. The summed E-state index contributed by atoms with van der Waals surface area (Å²) in [5.41, 5.74) is 2.08. The summed E-state index contributed by atoms with van der Waals surface area (Å²) in [6, 6.07) is 12.2. The van der Waals surface area contributed by atoms with E-state index in [1.165, 1.54) is 43.8 Å². The van der Waals surface area contributed by atoms with Crippen molar-refractivity contribution in [3.63, 3.8) is 0 Å². The number of sulfonamides is 2. The van der Waals surface area contributed by atoms with Crippen LogP contribution in [0.25, 0.3) is 0 Å². The molecule has 0 aliphatic carbocycles. The molecular weight excluding hydrogens is 838 g/mol. The first kappa shape index (κ1) is 37.8. The normalized spacial score (nSPS) is 11.5. The van der Waals surface area contributed by atoms with Crippen LogP contribution in [-0.2, 0) is 37.6 Å². The number of hydrogen-bond acceptors (Lipinski definition) is 7. The Balaban J connectivity index is 0.000000248. The number of aromatic nitrogens is 2. The summed E-state index contributed by atoms with van der Waals surface area (Å²) < 4.78 is 60.3. The van der Waals surface area contributed by atoms with Crippen LogP contribution < -0.4 is 9.03 Å². The first-order valence-corrected chi connectivity index (χ1v) is 18.9. The molecule has 0 atom stereocenters. The van der Waals surface area contributed by atoms with Crippen LogP contribution in [-0.4, -0.2) is 40.6 Å². The summed E-state index contributed by atoms with van der Waals surface area (Å²) in [6.45, 7) is 3.62. The lowest BCUT2D eigenvalue weighted by molar-refractivity contribution is 0.209. The number of rotatable bonds is 10. The van der Waals surface area contributed by atoms with Gasteiger partial charge >= 0.3 is 0 Å². The molecule has 242 valence electrons. The maximum absolute atomic E-state index is 13.1. The standard InChI is InChI=1S/C15H15BrCl2N2O3S.C13H11BrCl2N2O2S/c1-3-10-6-12(4-5-13(10)18)24(21,22)20(9-23-2)14-7-11(17)8-19-15(14)16;1-2-8-5-10(3-4-11(8)16)21(19,20)18-12-6-9(15)7-17-13(12)14/h4-8H,3,9H2,1-2H3;3-7,18H,2H2,1H3. The zero-order valence-corrected chi connectivity index (χ0v) is 31.7. The molecule has 2 heterocycles. The highest BCUT2D eigenvalue weighted by Gasteiger charge is 2.28. The molecule has 0 radical (unpaired) electrons. The van der Waals surface area contributed by atoms with Gasteiger partial charge in [0.25, 0.3) is 20.0 Å². The lowest BCUT2D eigenvalue weighted by atomic mass is 10.2. The lowest BCUT2D eigenvalue weighted by Gasteiger charge is -2.24. The summed E-state index contributed by atoms with van der Waals surface area (Å²) in [5.74, 6) is 0. The molecule has 0 saturated carbocycles. The van der Waals surface area contributed by atoms with E-state index in [9.17, 15) is 16.8 Å². The largest absolute Gasteiger partial charge is 0.363 e. The number of methoxy groups -OCH3 is 1. The number of ether oxygens (including phenoxy) is 1. The van der Waals surface area contributed by atoms with Gasteiger partial charge in [0, 0.05) is 29.5 Å². The van der Waals surface area contributed by atoms with Crippen LogP contribution in [0.2, 0.25) is 20.1 Å². The summed E-state index contributed by atoms with van der Waals surface area (Å²) in [5, 5.41) is 1.72. The maximum atomic E-state index is 13.1. The van der Waals surface area contributed by atoms with Crippen LogP contribution >= 0.6 is 78.3 Å². The number of aryl methyl sites for hydroxylation is 2. The summed E-state index contributed by atoms with van der Waals surface area (Å²) in [4.78, 5) is 8.23. The third-order valence-corrected chi connectivity index (χ3v) is 11.5. The first-order valence-electron chi connectivity index (χ1n) is 12.9. The summed E-state index contributed by atoms with van der Waals surface area (Å²) in [7, 11) is -6.21. The zero-order valence-electron chi connectivity index (χ0n) is 23.9. The fraction of sp³-hybridized carbons (Fsp3) is 0.214. The molecule has 2 aromatic carbocycles. The van der Waals surface area contributed by atoms with Crippen LogP contribution in [0.1, 0.15) is 25.0 Å². The van der Waals surface area contributed by atoms with Crippen molar-refractivity contribution in [1.82, 2.24) is 9.97 Å². The van der Waals surface area contributed by atoms with E-state index in [0.717, 1.165) is 15.4 Å². The molecule has 0 amide bonds. The van der Waals surface area contributed by atoms with Gasteiger partial charge in [0.15, 0.2) is 0 Å². The van der Waals surface area contributed by atoms with Gasteiger partial charge in [-0.2, -0.15) is 0 Å². The van der Waals surface area contributed by atoms with Gasteiger partial charge in [-0.25, -0.2) is 31.1 Å². The summed E-state index contributed by atoms with van der Waals surface area (Å²) in [6.07, 6.45) is 4.10. The van der Waals surface area contributed by atoms with Crippen LogP contribution in [0.4, 0.5) is 11.4 Å². The second-order valence-electron chi connectivity index (χ2n) is 9.05. The molecule has 0 spiro atoms. The van der Waals surface area contributed by atoms with Crippen molar-refractivity contribution < 1.29 is 21.6 Å². The minimum Gasteiger partial charge on any atom is -0.363 e. The van der Waals surface area contributed by atoms with E-state index in [-0.39, 0.29) is 27.9 Å². The number of hydrogen-bond donors (Lipinski definition) is 1. The highest BCUT2D eigenvalue weighted by molar-refractivity contribution is 9.10.